The summed E-state index contributed by atoms with van der Waals surface area (Å²) >= 11 is 1.26. The zero-order valence-electron chi connectivity index (χ0n) is 28.3. The van der Waals surface area contributed by atoms with Crippen LogP contribution in [0.2, 0.25) is 0 Å². The lowest BCUT2D eigenvalue weighted by atomic mass is 9.94. The monoisotopic (exact) mass is 707 g/mol. The van der Waals surface area contributed by atoms with Crippen molar-refractivity contribution in [2.24, 2.45) is 0 Å². The Morgan fingerprint density at radius 3 is 2.12 bits per heavy atom. The predicted molar refractivity (Wildman–Crippen MR) is 200 cm³/mol. The van der Waals surface area contributed by atoms with E-state index in [0.717, 1.165) is 39.1 Å². The Balaban J connectivity index is 0.000000349. The normalized spacial score (nSPS) is 20.8. The maximum atomic E-state index is 12.9. The molecule has 0 saturated carbocycles. The third-order valence-corrected chi connectivity index (χ3v) is 10.3. The van der Waals surface area contributed by atoms with Gasteiger partial charge in [0.2, 0.25) is 0 Å². The average molecular weight is 708 g/mol. The predicted octanol–water partition coefficient (Wildman–Crippen LogP) is 8.98. The van der Waals surface area contributed by atoms with Gasteiger partial charge in [0.25, 0.3) is 5.24 Å². The zero-order valence-corrected chi connectivity index (χ0v) is 29.1. The van der Waals surface area contributed by atoms with Gasteiger partial charge >= 0.3 is 0 Å². The summed E-state index contributed by atoms with van der Waals surface area (Å²) < 4.78 is 18.3. The van der Waals surface area contributed by atoms with E-state index in [1.807, 2.05) is 85.8 Å². The number of nitrogens with zero attached hydrogens (tertiary/aromatic N) is 1. The molecule has 1 amide bonds. The molecule has 2 aliphatic rings. The number of phenolic OH excluding ortho intramolecular Hbond substituents is 1. The molecule has 0 radical (unpaired) electrons. The van der Waals surface area contributed by atoms with Crippen LogP contribution in [-0.4, -0.2) is 50.2 Å². The Hall–Kier alpha value is -4.51. The average Bonchev–Trinajstić information content (AvgIpc) is 3.55. The lowest BCUT2D eigenvalue weighted by Crippen LogP contribution is -2.33. The summed E-state index contributed by atoms with van der Waals surface area (Å²) in [7, 11) is 0. The van der Waals surface area contributed by atoms with Crippen molar-refractivity contribution >= 4 is 22.7 Å². The van der Waals surface area contributed by atoms with E-state index in [1.54, 1.807) is 23.1 Å². The number of hydrogen-bond acceptors (Lipinski definition) is 7. The highest BCUT2D eigenvalue weighted by Gasteiger charge is 2.36. The van der Waals surface area contributed by atoms with E-state index in [9.17, 15) is 29.6 Å². The Kier molecular flexibility index (Phi) is 11.9. The molecule has 4 N–H and O–H groups in total. The van der Waals surface area contributed by atoms with Crippen LogP contribution < -0.4 is 4.90 Å². The zero-order chi connectivity index (χ0) is 35.9. The number of aliphatic hydroxyl groups is 3. The lowest BCUT2D eigenvalue weighted by Gasteiger charge is -2.32. The van der Waals surface area contributed by atoms with Crippen LogP contribution in [-0.2, 0) is 4.74 Å². The van der Waals surface area contributed by atoms with E-state index in [2.05, 4.69) is 12.1 Å². The molecule has 0 aliphatic carbocycles. The van der Waals surface area contributed by atoms with E-state index in [1.165, 1.54) is 23.9 Å². The van der Waals surface area contributed by atoms with Crippen LogP contribution >= 0.6 is 11.8 Å². The lowest BCUT2D eigenvalue weighted by molar-refractivity contribution is -0.113. The molecule has 7 nitrogen and oxygen atoms in total. The fourth-order valence-corrected chi connectivity index (χ4v) is 7.52. The Morgan fingerprint density at radius 2 is 1.47 bits per heavy atom. The summed E-state index contributed by atoms with van der Waals surface area (Å²) in [5.74, 6) is 0.442. The van der Waals surface area contributed by atoms with Crippen molar-refractivity contribution in [3.63, 3.8) is 0 Å². The van der Waals surface area contributed by atoms with Gasteiger partial charge in [-0.25, -0.2) is 4.39 Å². The Labute approximate surface area is 302 Å². The van der Waals surface area contributed by atoms with Crippen molar-refractivity contribution in [3.05, 3.63) is 144 Å². The minimum absolute atomic E-state index is 0.0324. The minimum atomic E-state index is -0.498. The molecule has 5 unspecified atom stereocenters. The minimum Gasteiger partial charge on any atom is -0.508 e. The van der Waals surface area contributed by atoms with Gasteiger partial charge < -0.3 is 25.2 Å². The molecule has 5 aromatic rings. The molecule has 2 saturated heterocycles. The first-order chi connectivity index (χ1) is 24.7. The van der Waals surface area contributed by atoms with Crippen LogP contribution in [0.25, 0.3) is 22.3 Å². The largest absolute Gasteiger partial charge is 0.508 e. The molecule has 0 aromatic heterocycles. The molecule has 2 aliphatic heterocycles. The van der Waals surface area contributed by atoms with E-state index < -0.39 is 12.2 Å². The molecule has 9 heteroatoms. The number of hydrogen-bond donors (Lipinski definition) is 4. The van der Waals surface area contributed by atoms with Crippen LogP contribution in [0.3, 0.4) is 0 Å². The topological polar surface area (TPSA) is 110 Å². The smallest absolute Gasteiger partial charge is 0.286 e. The fourth-order valence-electron chi connectivity index (χ4n) is 6.52. The number of aromatic hydroxyl groups is 1. The number of benzene rings is 5. The van der Waals surface area contributed by atoms with Crippen LogP contribution in [0.5, 0.6) is 5.75 Å². The van der Waals surface area contributed by atoms with Crippen molar-refractivity contribution in [2.45, 2.75) is 56.6 Å². The van der Waals surface area contributed by atoms with Crippen molar-refractivity contribution < 1.29 is 34.3 Å². The van der Waals surface area contributed by atoms with Crippen LogP contribution in [0.1, 0.15) is 61.1 Å². The van der Waals surface area contributed by atoms with Gasteiger partial charge in [-0.05, 0) is 70.1 Å². The van der Waals surface area contributed by atoms with Crippen molar-refractivity contribution in [1.29, 1.82) is 0 Å². The summed E-state index contributed by atoms with van der Waals surface area (Å²) in [5, 5.41) is 40.0. The number of amides is 1. The highest BCUT2D eigenvalue weighted by Crippen LogP contribution is 2.43. The molecule has 7 rings (SSSR count). The SMILES string of the molecule is CCC(O)c1ccc(F)cc1.O=C1SCC(c2ccc(-c3ccc(C4CC(O)CC(CO)O4)cc3)cc2O)N1c1ccc(-c2ccccc2)cc1. The molecule has 0 bridgehead atoms. The summed E-state index contributed by atoms with van der Waals surface area (Å²) in [4.78, 5) is 14.7. The number of rotatable bonds is 8. The maximum Gasteiger partial charge on any atom is 0.286 e. The van der Waals surface area contributed by atoms with Crippen LogP contribution in [0, 0.1) is 5.82 Å². The number of phenols is 1. The van der Waals surface area contributed by atoms with Gasteiger partial charge in [-0.2, -0.15) is 0 Å². The van der Waals surface area contributed by atoms with Crippen molar-refractivity contribution in [1.82, 2.24) is 0 Å². The van der Waals surface area contributed by atoms with E-state index in [4.69, 9.17) is 4.74 Å². The molecular weight excluding hydrogens is 666 g/mol. The number of thioether (sulfide) groups is 1. The van der Waals surface area contributed by atoms with Crippen molar-refractivity contribution in [2.75, 3.05) is 17.3 Å². The molecule has 2 heterocycles. The Morgan fingerprint density at radius 1 is 0.843 bits per heavy atom. The van der Waals surface area contributed by atoms with E-state index >= 15 is 0 Å². The molecular formula is C42H42FNO6S. The second kappa shape index (κ2) is 16.7. The second-order valence-electron chi connectivity index (χ2n) is 12.8. The molecule has 5 aromatic carbocycles. The molecule has 51 heavy (non-hydrogen) atoms. The number of aliphatic hydroxyl groups excluding tert-OH is 3. The van der Waals surface area contributed by atoms with Crippen LogP contribution in [0.15, 0.2) is 121 Å². The second-order valence-corrected chi connectivity index (χ2v) is 13.8. The van der Waals surface area contributed by atoms with Crippen LogP contribution in [0.4, 0.5) is 14.9 Å². The molecule has 0 spiro atoms. The molecule has 5 atom stereocenters. The summed E-state index contributed by atoms with van der Waals surface area (Å²) in [6, 6.07) is 37.2. The van der Waals surface area contributed by atoms with Gasteiger partial charge in [0.1, 0.15) is 11.6 Å². The van der Waals surface area contributed by atoms with Crippen molar-refractivity contribution in [3.8, 4) is 28.0 Å². The number of carbonyl (C=O) groups is 1. The summed E-state index contributed by atoms with van der Waals surface area (Å²) in [6.07, 6.45) is 0.00664. The number of carbonyl (C=O) groups excluding carboxylic acids is 1. The number of halogens is 1. The fraction of sp³-hybridized carbons (Fsp3) is 0.262. The first-order valence-corrected chi connectivity index (χ1v) is 18.1. The maximum absolute atomic E-state index is 12.9. The highest BCUT2D eigenvalue weighted by atomic mass is 32.2. The van der Waals surface area contributed by atoms with E-state index in [-0.39, 0.29) is 41.7 Å². The number of ether oxygens (including phenoxy) is 1. The Bertz CT molecular complexity index is 1890. The number of anilines is 1. The quantitative estimate of drug-likeness (QED) is 0.127. The van der Waals surface area contributed by atoms with Gasteiger partial charge in [-0.1, -0.05) is 110 Å². The van der Waals surface area contributed by atoms with Gasteiger partial charge in [0.15, 0.2) is 0 Å². The first-order valence-electron chi connectivity index (χ1n) is 17.2. The highest BCUT2D eigenvalue weighted by molar-refractivity contribution is 8.14. The van der Waals surface area contributed by atoms with Gasteiger partial charge in [0.05, 0.1) is 37.1 Å². The third kappa shape index (κ3) is 8.69. The first kappa shape index (κ1) is 36.3. The summed E-state index contributed by atoms with van der Waals surface area (Å²) in [6.45, 7) is 1.77. The van der Waals surface area contributed by atoms with Gasteiger partial charge in [-0.3, -0.25) is 9.69 Å². The van der Waals surface area contributed by atoms with E-state index in [0.29, 0.717) is 30.6 Å². The van der Waals surface area contributed by atoms with Gasteiger partial charge in [-0.15, -0.1) is 0 Å². The molecule has 264 valence electrons. The standard InChI is InChI=1S/C33H31NO5S.C9H11FO/c35-19-28-17-27(36)18-32(39-28)24-8-6-23(7-9-24)25-12-15-29(31(37)16-25)30-20-40-33(38)34(30)26-13-10-22(11-14-26)21-4-2-1-3-5-21;1-2-9(11)7-3-5-8(10)6-4-7/h1-16,27-28,30,32,35-37H,17-20H2;3-6,9,11H,2H2,1H3. The van der Waals surface area contributed by atoms with Gasteiger partial charge in [0, 0.05) is 29.8 Å². The molecule has 2 fully saturated rings. The summed E-state index contributed by atoms with van der Waals surface area (Å²) in [5.41, 5.74) is 7.23. The third-order valence-electron chi connectivity index (χ3n) is 9.35.